The molecule has 134 valence electrons. The van der Waals surface area contributed by atoms with Crippen LogP contribution in [0, 0.1) is 0 Å². The van der Waals surface area contributed by atoms with Crippen LogP contribution in [0.25, 0.3) is 11.0 Å². The fourth-order valence-electron chi connectivity index (χ4n) is 3.03. The highest BCUT2D eigenvalue weighted by atomic mass is 32.2. The van der Waals surface area contributed by atoms with Crippen molar-refractivity contribution < 1.29 is 22.4 Å². The quantitative estimate of drug-likeness (QED) is 0.879. The molecule has 0 radical (unpaired) electrons. The molecule has 0 aliphatic carbocycles. The van der Waals surface area contributed by atoms with Gasteiger partial charge in [-0.05, 0) is 25.0 Å². The number of benzene rings is 1. The van der Waals surface area contributed by atoms with Crippen molar-refractivity contribution in [2.24, 2.45) is 0 Å². The summed E-state index contributed by atoms with van der Waals surface area (Å²) in [6, 6.07) is 9.07. The van der Waals surface area contributed by atoms with Gasteiger partial charge in [-0.2, -0.15) is 0 Å². The average molecular weight is 364 g/mol. The molecule has 3 rings (SSSR count). The molecule has 7 nitrogen and oxygen atoms in total. The van der Waals surface area contributed by atoms with Crippen LogP contribution < -0.4 is 5.32 Å². The number of likely N-dealkylation sites (tertiary alicyclic amines) is 1. The minimum Gasteiger partial charge on any atom is -0.451 e. The molecule has 0 unspecified atom stereocenters. The number of hydrogen-bond acceptors (Lipinski definition) is 5. The van der Waals surface area contributed by atoms with Gasteiger partial charge in [0.2, 0.25) is 5.91 Å². The summed E-state index contributed by atoms with van der Waals surface area (Å²) >= 11 is 0. The highest BCUT2D eigenvalue weighted by molar-refractivity contribution is 7.92. The first-order chi connectivity index (χ1) is 11.9. The Morgan fingerprint density at radius 1 is 1.24 bits per heavy atom. The number of nitrogens with zero attached hydrogens (tertiary/aromatic N) is 1. The van der Waals surface area contributed by atoms with E-state index in [-0.39, 0.29) is 11.7 Å². The number of amides is 2. The number of piperidine rings is 1. The lowest BCUT2D eigenvalue weighted by Gasteiger charge is -2.31. The Morgan fingerprint density at radius 3 is 2.56 bits per heavy atom. The van der Waals surface area contributed by atoms with Gasteiger partial charge in [0.05, 0.1) is 5.25 Å². The summed E-state index contributed by atoms with van der Waals surface area (Å²) in [6.45, 7) is 0.654. The van der Waals surface area contributed by atoms with Crippen molar-refractivity contribution in [2.75, 3.05) is 25.9 Å². The highest BCUT2D eigenvalue weighted by Gasteiger charge is 2.33. The van der Waals surface area contributed by atoms with E-state index >= 15 is 0 Å². The minimum absolute atomic E-state index is 0.238. The second-order valence-corrected chi connectivity index (χ2v) is 8.40. The van der Waals surface area contributed by atoms with Crippen LogP contribution in [0.4, 0.5) is 0 Å². The van der Waals surface area contributed by atoms with E-state index in [1.165, 1.54) is 7.05 Å². The Labute approximate surface area is 145 Å². The summed E-state index contributed by atoms with van der Waals surface area (Å²) in [5.41, 5.74) is 0.647. The Balaban J connectivity index is 1.65. The third-order valence-corrected chi connectivity index (χ3v) is 6.64. The lowest BCUT2D eigenvalue weighted by Crippen LogP contribution is -2.44. The second-order valence-electron chi connectivity index (χ2n) is 6.12. The molecular weight excluding hydrogens is 344 g/mol. The van der Waals surface area contributed by atoms with Crippen LogP contribution in [0.15, 0.2) is 34.7 Å². The first-order valence-corrected chi connectivity index (χ1v) is 9.82. The van der Waals surface area contributed by atoms with Crippen LogP contribution in [0.2, 0.25) is 0 Å². The zero-order valence-electron chi connectivity index (χ0n) is 13.9. The molecule has 0 atom stereocenters. The third-order valence-electron chi connectivity index (χ3n) is 4.48. The molecule has 1 aliphatic heterocycles. The number of rotatable bonds is 4. The van der Waals surface area contributed by atoms with Gasteiger partial charge in [0.1, 0.15) is 11.3 Å². The summed E-state index contributed by atoms with van der Waals surface area (Å²) in [6.07, 6.45) is 0.649. The molecule has 1 fully saturated rings. The highest BCUT2D eigenvalue weighted by Crippen LogP contribution is 2.23. The average Bonchev–Trinajstić information content (AvgIpc) is 3.05. The summed E-state index contributed by atoms with van der Waals surface area (Å²) in [5, 5.41) is 2.59. The lowest BCUT2D eigenvalue weighted by molar-refractivity contribution is -0.118. The van der Waals surface area contributed by atoms with Crippen molar-refractivity contribution >= 4 is 32.6 Å². The molecule has 0 bridgehead atoms. The van der Waals surface area contributed by atoms with Gasteiger partial charge < -0.3 is 14.6 Å². The molecule has 25 heavy (non-hydrogen) atoms. The zero-order valence-corrected chi connectivity index (χ0v) is 14.7. The molecule has 2 heterocycles. The fourth-order valence-corrected chi connectivity index (χ4v) is 4.71. The van der Waals surface area contributed by atoms with E-state index in [1.807, 2.05) is 18.2 Å². The SMILES string of the molecule is CNC(=O)CS(=O)(=O)C1CCN(C(=O)c2cc3ccccc3o2)CC1. The number of nitrogens with one attached hydrogen (secondary N) is 1. The summed E-state index contributed by atoms with van der Waals surface area (Å²) < 4.78 is 30.1. The van der Waals surface area contributed by atoms with E-state index in [0.717, 1.165) is 5.39 Å². The van der Waals surface area contributed by atoms with E-state index in [0.29, 0.717) is 31.5 Å². The van der Waals surface area contributed by atoms with E-state index in [9.17, 15) is 18.0 Å². The summed E-state index contributed by atoms with van der Waals surface area (Å²) in [4.78, 5) is 25.5. The van der Waals surface area contributed by atoms with Crippen LogP contribution in [0.3, 0.4) is 0 Å². The van der Waals surface area contributed by atoms with Crippen molar-refractivity contribution in [2.45, 2.75) is 18.1 Å². The van der Waals surface area contributed by atoms with Gasteiger partial charge >= 0.3 is 0 Å². The number of furan rings is 1. The predicted octanol–water partition coefficient (Wildman–Crippen LogP) is 1.20. The van der Waals surface area contributed by atoms with Gasteiger partial charge in [0.25, 0.3) is 5.91 Å². The molecule has 1 aliphatic rings. The smallest absolute Gasteiger partial charge is 0.289 e. The van der Waals surface area contributed by atoms with Crippen LogP contribution >= 0.6 is 0 Å². The summed E-state index contributed by atoms with van der Waals surface area (Å²) in [5.74, 6) is -1.00. The van der Waals surface area contributed by atoms with Crippen molar-refractivity contribution in [1.82, 2.24) is 10.2 Å². The fraction of sp³-hybridized carbons (Fsp3) is 0.412. The first kappa shape index (κ1) is 17.5. The van der Waals surface area contributed by atoms with E-state index in [4.69, 9.17) is 4.42 Å². The summed E-state index contributed by atoms with van der Waals surface area (Å²) in [7, 11) is -2.09. The van der Waals surface area contributed by atoms with Crippen molar-refractivity contribution in [3.8, 4) is 0 Å². The Bertz CT molecular complexity index is 862. The number of carbonyl (C=O) groups is 2. The maximum atomic E-state index is 12.6. The number of para-hydroxylation sites is 1. The van der Waals surface area contributed by atoms with Crippen LogP contribution in [-0.2, 0) is 14.6 Å². The van der Waals surface area contributed by atoms with Crippen molar-refractivity contribution in [1.29, 1.82) is 0 Å². The molecule has 2 aromatic rings. The monoisotopic (exact) mass is 364 g/mol. The standard InChI is InChI=1S/C17H20N2O5S/c1-18-16(20)11-25(22,23)13-6-8-19(9-7-13)17(21)15-10-12-4-2-3-5-14(12)24-15/h2-5,10,13H,6-9,11H2,1H3,(H,18,20). The largest absolute Gasteiger partial charge is 0.451 e. The Kier molecular flexibility index (Phi) is 4.80. The first-order valence-electron chi connectivity index (χ1n) is 8.11. The molecule has 0 saturated carbocycles. The maximum absolute atomic E-state index is 12.6. The molecular formula is C17H20N2O5S. The number of hydrogen-bond donors (Lipinski definition) is 1. The molecule has 1 N–H and O–H groups in total. The van der Waals surface area contributed by atoms with Gasteiger partial charge in [-0.15, -0.1) is 0 Å². The van der Waals surface area contributed by atoms with Crippen molar-refractivity contribution in [3.63, 3.8) is 0 Å². The molecule has 1 saturated heterocycles. The molecule has 1 aromatic heterocycles. The topological polar surface area (TPSA) is 96.7 Å². The number of fused-ring (bicyclic) bond motifs is 1. The van der Waals surface area contributed by atoms with Crippen LogP contribution in [-0.4, -0.2) is 56.3 Å². The molecule has 0 spiro atoms. The molecule has 1 aromatic carbocycles. The van der Waals surface area contributed by atoms with Crippen LogP contribution in [0.1, 0.15) is 23.4 Å². The Hall–Kier alpha value is -2.35. The van der Waals surface area contributed by atoms with Gasteiger partial charge in [-0.3, -0.25) is 9.59 Å². The van der Waals surface area contributed by atoms with Gasteiger partial charge in [-0.25, -0.2) is 8.42 Å². The minimum atomic E-state index is -3.50. The Morgan fingerprint density at radius 2 is 1.92 bits per heavy atom. The zero-order chi connectivity index (χ0) is 18.0. The number of carbonyl (C=O) groups excluding carboxylic acids is 2. The van der Waals surface area contributed by atoms with E-state index < -0.39 is 26.7 Å². The lowest BCUT2D eigenvalue weighted by atomic mass is 10.1. The number of sulfone groups is 1. The van der Waals surface area contributed by atoms with Gasteiger partial charge in [0.15, 0.2) is 15.6 Å². The normalized spacial score (nSPS) is 16.1. The van der Waals surface area contributed by atoms with Gasteiger partial charge in [-0.1, -0.05) is 18.2 Å². The van der Waals surface area contributed by atoms with Crippen molar-refractivity contribution in [3.05, 3.63) is 36.1 Å². The molecule has 8 heteroatoms. The van der Waals surface area contributed by atoms with E-state index in [1.54, 1.807) is 17.0 Å². The van der Waals surface area contributed by atoms with Gasteiger partial charge in [0, 0.05) is 25.5 Å². The maximum Gasteiger partial charge on any atom is 0.289 e. The molecule has 2 amide bonds. The predicted molar refractivity (Wildman–Crippen MR) is 93.0 cm³/mol. The van der Waals surface area contributed by atoms with Crippen LogP contribution in [0.5, 0.6) is 0 Å². The third kappa shape index (κ3) is 3.68. The second kappa shape index (κ2) is 6.87. The van der Waals surface area contributed by atoms with E-state index in [2.05, 4.69) is 5.32 Å².